The van der Waals surface area contributed by atoms with E-state index in [-0.39, 0.29) is 23.5 Å². The normalized spacial score (nSPS) is 15.1. The maximum Gasteiger partial charge on any atom is 0.287 e. The molecule has 1 N–H and O–H groups in total. The van der Waals surface area contributed by atoms with Crippen molar-refractivity contribution in [1.82, 2.24) is 10.2 Å². The van der Waals surface area contributed by atoms with E-state index in [0.717, 1.165) is 18.7 Å². The van der Waals surface area contributed by atoms with E-state index in [0.29, 0.717) is 17.9 Å². The summed E-state index contributed by atoms with van der Waals surface area (Å²) in [4.78, 5) is 26.6. The fourth-order valence-electron chi connectivity index (χ4n) is 3.95. The van der Waals surface area contributed by atoms with Crippen molar-refractivity contribution in [2.45, 2.75) is 25.8 Å². The monoisotopic (exact) mass is 402 g/mol. The quantitative estimate of drug-likeness (QED) is 0.581. The van der Waals surface area contributed by atoms with Crippen LogP contribution in [0.3, 0.4) is 0 Å². The van der Waals surface area contributed by atoms with E-state index < -0.39 is 0 Å². The lowest BCUT2D eigenvalue weighted by molar-refractivity contribution is 0.0910. The van der Waals surface area contributed by atoms with Crippen molar-refractivity contribution in [2.75, 3.05) is 19.6 Å². The van der Waals surface area contributed by atoms with Crippen LogP contribution in [0.5, 0.6) is 0 Å². The van der Waals surface area contributed by atoms with Crippen LogP contribution in [0.25, 0.3) is 11.3 Å². The van der Waals surface area contributed by atoms with Crippen LogP contribution >= 0.6 is 0 Å². The van der Waals surface area contributed by atoms with Crippen molar-refractivity contribution >= 4 is 11.7 Å². The highest BCUT2D eigenvalue weighted by molar-refractivity contribution is 5.94. The third kappa shape index (κ3) is 4.52. The van der Waals surface area contributed by atoms with Gasteiger partial charge in [-0.15, -0.1) is 0 Å². The van der Waals surface area contributed by atoms with Crippen molar-refractivity contribution in [1.29, 1.82) is 0 Å². The van der Waals surface area contributed by atoms with Gasteiger partial charge in [-0.05, 0) is 50.6 Å². The number of carbonyl (C=O) groups is 2. The zero-order chi connectivity index (χ0) is 20.9. The lowest BCUT2D eigenvalue weighted by Gasteiger charge is -2.28. The van der Waals surface area contributed by atoms with E-state index in [9.17, 15) is 9.59 Å². The van der Waals surface area contributed by atoms with Crippen molar-refractivity contribution in [2.24, 2.45) is 0 Å². The maximum absolute atomic E-state index is 12.7. The minimum absolute atomic E-state index is 0.0204. The minimum atomic E-state index is -0.221. The number of nitrogens with one attached hydrogen (secondary N) is 1. The Morgan fingerprint density at radius 3 is 2.33 bits per heavy atom. The molecule has 2 aromatic carbocycles. The summed E-state index contributed by atoms with van der Waals surface area (Å²) >= 11 is 0. The number of nitrogens with zero attached hydrogens (tertiary/aromatic N) is 1. The lowest BCUT2D eigenvalue weighted by atomic mass is 10.1. The number of hydrogen-bond acceptors (Lipinski definition) is 4. The maximum atomic E-state index is 12.7. The first-order chi connectivity index (χ1) is 14.6. The first kappa shape index (κ1) is 20.1. The number of benzene rings is 2. The van der Waals surface area contributed by atoms with E-state index in [1.165, 1.54) is 25.3 Å². The highest BCUT2D eigenvalue weighted by Gasteiger charge is 2.24. The molecule has 0 aliphatic carbocycles. The molecule has 3 aromatic rings. The Kier molecular flexibility index (Phi) is 6.10. The van der Waals surface area contributed by atoms with Crippen LogP contribution in [0.15, 0.2) is 71.1 Å². The van der Waals surface area contributed by atoms with Gasteiger partial charge in [0.2, 0.25) is 0 Å². The molecule has 1 fully saturated rings. The molecule has 1 aliphatic rings. The largest absolute Gasteiger partial charge is 0.451 e. The molecule has 1 amide bonds. The lowest BCUT2D eigenvalue weighted by Crippen LogP contribution is -2.36. The van der Waals surface area contributed by atoms with Crippen LogP contribution in [-0.2, 0) is 0 Å². The van der Waals surface area contributed by atoms with Gasteiger partial charge in [-0.25, -0.2) is 0 Å². The summed E-state index contributed by atoms with van der Waals surface area (Å²) in [6.45, 7) is 4.18. The van der Waals surface area contributed by atoms with Crippen LogP contribution in [0.4, 0.5) is 0 Å². The Bertz CT molecular complexity index is 1000. The molecule has 1 unspecified atom stereocenters. The Balaban J connectivity index is 1.44. The number of hydrogen-bond donors (Lipinski definition) is 1. The zero-order valence-electron chi connectivity index (χ0n) is 17.1. The summed E-state index contributed by atoms with van der Waals surface area (Å²) in [6.07, 6.45) is 2.39. The molecule has 0 radical (unpaired) electrons. The van der Waals surface area contributed by atoms with E-state index in [2.05, 4.69) is 22.3 Å². The summed E-state index contributed by atoms with van der Waals surface area (Å²) in [5.41, 5.74) is 2.70. The first-order valence-electron chi connectivity index (χ1n) is 10.4. The predicted octanol–water partition coefficient (Wildman–Crippen LogP) is 4.72. The first-order valence-corrected chi connectivity index (χ1v) is 10.4. The molecule has 5 nitrogen and oxygen atoms in total. The summed E-state index contributed by atoms with van der Waals surface area (Å²) in [5.74, 6) is 0.692. The third-order valence-corrected chi connectivity index (χ3v) is 5.63. The van der Waals surface area contributed by atoms with Gasteiger partial charge < -0.3 is 9.73 Å². The van der Waals surface area contributed by atoms with Gasteiger partial charge in [0.05, 0.1) is 6.04 Å². The van der Waals surface area contributed by atoms with Gasteiger partial charge in [-0.2, -0.15) is 0 Å². The standard InChI is InChI=1S/C25H26N2O3/c1-18(28)19-9-11-21(12-10-19)23-13-14-24(30-23)25(29)26-17-22(27-15-5-6-16-27)20-7-3-2-4-8-20/h2-4,7-14,22H,5-6,15-17H2,1H3,(H,26,29). The molecule has 1 aliphatic heterocycles. The van der Waals surface area contributed by atoms with Gasteiger partial charge in [0.1, 0.15) is 5.76 Å². The van der Waals surface area contributed by atoms with Gasteiger partial charge in [0.25, 0.3) is 5.91 Å². The number of Topliss-reactive ketones (excluding diaryl/α,β-unsaturated/α-hetero) is 1. The third-order valence-electron chi connectivity index (χ3n) is 5.63. The summed E-state index contributed by atoms with van der Waals surface area (Å²) < 4.78 is 5.78. The number of ketones is 1. The highest BCUT2D eigenvalue weighted by atomic mass is 16.3. The molecule has 154 valence electrons. The van der Waals surface area contributed by atoms with Gasteiger partial charge in [0, 0.05) is 17.7 Å². The number of furan rings is 1. The molecule has 1 saturated heterocycles. The second-order valence-electron chi connectivity index (χ2n) is 7.68. The van der Waals surface area contributed by atoms with E-state index in [1.54, 1.807) is 24.3 Å². The summed E-state index contributed by atoms with van der Waals surface area (Å²) in [5, 5.41) is 3.04. The van der Waals surface area contributed by atoms with E-state index in [4.69, 9.17) is 4.42 Å². The molecule has 0 bridgehead atoms. The van der Waals surface area contributed by atoms with Crippen LogP contribution in [0.1, 0.15) is 52.3 Å². The summed E-state index contributed by atoms with van der Waals surface area (Å²) in [6, 6.07) is 21.1. The van der Waals surface area contributed by atoms with Gasteiger partial charge in [-0.3, -0.25) is 14.5 Å². The van der Waals surface area contributed by atoms with Crippen molar-refractivity contribution in [3.8, 4) is 11.3 Å². The molecule has 4 rings (SSSR count). The molecule has 1 aromatic heterocycles. The van der Waals surface area contributed by atoms with Gasteiger partial charge in [0.15, 0.2) is 11.5 Å². The van der Waals surface area contributed by atoms with Crippen molar-refractivity contribution in [3.63, 3.8) is 0 Å². The number of rotatable bonds is 7. The number of carbonyl (C=O) groups excluding carboxylic acids is 2. The molecule has 2 heterocycles. The molecular formula is C25H26N2O3. The topological polar surface area (TPSA) is 62.6 Å². The van der Waals surface area contributed by atoms with Crippen LogP contribution in [-0.4, -0.2) is 36.2 Å². The smallest absolute Gasteiger partial charge is 0.287 e. The molecule has 5 heteroatoms. The van der Waals surface area contributed by atoms with Crippen LogP contribution < -0.4 is 5.32 Å². The molecular weight excluding hydrogens is 376 g/mol. The Hall–Kier alpha value is -3.18. The molecule has 1 atom stereocenters. The summed E-state index contributed by atoms with van der Waals surface area (Å²) in [7, 11) is 0. The number of amides is 1. The van der Waals surface area contributed by atoms with Gasteiger partial charge in [-0.1, -0.05) is 54.6 Å². The fourth-order valence-corrected chi connectivity index (χ4v) is 3.95. The van der Waals surface area contributed by atoms with Crippen LogP contribution in [0, 0.1) is 0 Å². The average molecular weight is 402 g/mol. The molecule has 0 spiro atoms. The second-order valence-corrected chi connectivity index (χ2v) is 7.68. The minimum Gasteiger partial charge on any atom is -0.451 e. The zero-order valence-corrected chi connectivity index (χ0v) is 17.1. The van der Waals surface area contributed by atoms with Crippen molar-refractivity contribution < 1.29 is 14.0 Å². The Labute approximate surface area is 176 Å². The van der Waals surface area contributed by atoms with Gasteiger partial charge >= 0.3 is 0 Å². The Morgan fingerprint density at radius 2 is 1.67 bits per heavy atom. The van der Waals surface area contributed by atoms with Crippen LogP contribution in [0.2, 0.25) is 0 Å². The fraction of sp³-hybridized carbons (Fsp3) is 0.280. The number of likely N-dealkylation sites (tertiary alicyclic amines) is 1. The average Bonchev–Trinajstić information content (AvgIpc) is 3.47. The van der Waals surface area contributed by atoms with E-state index in [1.807, 2.05) is 30.3 Å². The molecule has 0 saturated carbocycles. The van der Waals surface area contributed by atoms with Crippen molar-refractivity contribution in [3.05, 3.63) is 83.6 Å². The SMILES string of the molecule is CC(=O)c1ccc(-c2ccc(C(=O)NCC(c3ccccc3)N3CCCC3)o2)cc1. The second kappa shape index (κ2) is 9.09. The molecule has 30 heavy (non-hydrogen) atoms. The predicted molar refractivity (Wildman–Crippen MR) is 116 cm³/mol. The van der Waals surface area contributed by atoms with E-state index >= 15 is 0 Å². The highest BCUT2D eigenvalue weighted by Crippen LogP contribution is 2.25. The Morgan fingerprint density at radius 1 is 0.967 bits per heavy atom.